The SMILES string of the molecule is COc1ccc2cc(CNC(CCO)C(C)C)ccc2c1. The molecule has 21 heavy (non-hydrogen) atoms. The lowest BCUT2D eigenvalue weighted by molar-refractivity contribution is 0.244. The molecule has 0 radical (unpaired) electrons. The molecule has 2 aromatic carbocycles. The summed E-state index contributed by atoms with van der Waals surface area (Å²) in [4.78, 5) is 0. The van der Waals surface area contributed by atoms with Gasteiger partial charge in [0.25, 0.3) is 0 Å². The van der Waals surface area contributed by atoms with Crippen LogP contribution in [0.25, 0.3) is 10.8 Å². The first-order valence-electron chi connectivity index (χ1n) is 7.55. The van der Waals surface area contributed by atoms with Gasteiger partial charge in [0.15, 0.2) is 0 Å². The third-order valence-corrected chi connectivity index (χ3v) is 3.93. The molecule has 0 bridgehead atoms. The summed E-state index contributed by atoms with van der Waals surface area (Å²) in [6, 6.07) is 13.0. The molecule has 0 aliphatic heterocycles. The van der Waals surface area contributed by atoms with Crippen molar-refractivity contribution in [3.05, 3.63) is 42.0 Å². The number of rotatable bonds is 7. The second kappa shape index (κ2) is 7.43. The fraction of sp³-hybridized carbons (Fsp3) is 0.444. The van der Waals surface area contributed by atoms with Crippen molar-refractivity contribution in [2.75, 3.05) is 13.7 Å². The molecule has 0 heterocycles. The third-order valence-electron chi connectivity index (χ3n) is 3.93. The monoisotopic (exact) mass is 287 g/mol. The van der Waals surface area contributed by atoms with Crippen LogP contribution in [0.5, 0.6) is 5.75 Å². The quantitative estimate of drug-likeness (QED) is 0.820. The van der Waals surface area contributed by atoms with Crippen LogP contribution in [0.15, 0.2) is 36.4 Å². The minimum Gasteiger partial charge on any atom is -0.497 e. The largest absolute Gasteiger partial charge is 0.497 e. The van der Waals surface area contributed by atoms with Crippen molar-refractivity contribution in [1.82, 2.24) is 5.32 Å². The van der Waals surface area contributed by atoms with Gasteiger partial charge < -0.3 is 15.2 Å². The molecule has 0 aromatic heterocycles. The maximum atomic E-state index is 9.12. The van der Waals surface area contributed by atoms with Crippen LogP contribution in [0.2, 0.25) is 0 Å². The number of benzene rings is 2. The molecule has 3 nitrogen and oxygen atoms in total. The summed E-state index contributed by atoms with van der Waals surface area (Å²) in [5, 5.41) is 15.1. The minimum absolute atomic E-state index is 0.230. The molecule has 0 fully saturated rings. The highest BCUT2D eigenvalue weighted by Gasteiger charge is 2.11. The van der Waals surface area contributed by atoms with E-state index in [9.17, 15) is 0 Å². The van der Waals surface area contributed by atoms with Crippen molar-refractivity contribution in [3.8, 4) is 5.75 Å². The van der Waals surface area contributed by atoms with E-state index in [2.05, 4.69) is 49.5 Å². The first kappa shape index (κ1) is 15.8. The van der Waals surface area contributed by atoms with Gasteiger partial charge in [-0.15, -0.1) is 0 Å². The molecule has 2 N–H and O–H groups in total. The molecule has 0 spiro atoms. The second-order valence-electron chi connectivity index (χ2n) is 5.79. The average Bonchev–Trinajstić information content (AvgIpc) is 2.50. The fourth-order valence-corrected chi connectivity index (χ4v) is 2.57. The van der Waals surface area contributed by atoms with E-state index in [-0.39, 0.29) is 6.61 Å². The zero-order valence-electron chi connectivity index (χ0n) is 13.1. The summed E-state index contributed by atoms with van der Waals surface area (Å²) >= 11 is 0. The molecular formula is C18H25NO2. The van der Waals surface area contributed by atoms with Crippen LogP contribution in [0, 0.1) is 5.92 Å². The zero-order valence-corrected chi connectivity index (χ0v) is 13.1. The van der Waals surface area contributed by atoms with E-state index in [1.54, 1.807) is 7.11 Å². The van der Waals surface area contributed by atoms with Gasteiger partial charge in [-0.25, -0.2) is 0 Å². The molecule has 1 unspecified atom stereocenters. The molecule has 114 valence electrons. The van der Waals surface area contributed by atoms with Gasteiger partial charge in [0.2, 0.25) is 0 Å². The lowest BCUT2D eigenvalue weighted by atomic mass is 10.0. The first-order valence-corrected chi connectivity index (χ1v) is 7.55. The Balaban J connectivity index is 2.08. The number of ether oxygens (including phenoxy) is 1. The van der Waals surface area contributed by atoms with Crippen LogP contribution in [0.4, 0.5) is 0 Å². The van der Waals surface area contributed by atoms with Gasteiger partial charge in [-0.3, -0.25) is 0 Å². The van der Waals surface area contributed by atoms with Gasteiger partial charge in [-0.2, -0.15) is 0 Å². The normalized spacial score (nSPS) is 12.8. The van der Waals surface area contributed by atoms with Crippen LogP contribution >= 0.6 is 0 Å². The topological polar surface area (TPSA) is 41.5 Å². The predicted molar refractivity (Wildman–Crippen MR) is 87.7 cm³/mol. The van der Waals surface area contributed by atoms with Crippen LogP contribution < -0.4 is 10.1 Å². The Bertz CT molecular complexity index is 580. The van der Waals surface area contributed by atoms with Crippen LogP contribution in [0.1, 0.15) is 25.8 Å². The van der Waals surface area contributed by atoms with Gasteiger partial charge in [-0.1, -0.05) is 32.0 Å². The maximum absolute atomic E-state index is 9.12. The van der Waals surface area contributed by atoms with Crippen molar-refractivity contribution in [3.63, 3.8) is 0 Å². The van der Waals surface area contributed by atoms with Gasteiger partial charge in [0, 0.05) is 19.2 Å². The van der Waals surface area contributed by atoms with Crippen LogP contribution in [-0.4, -0.2) is 24.9 Å². The average molecular weight is 287 g/mol. The number of aliphatic hydroxyl groups excluding tert-OH is 1. The van der Waals surface area contributed by atoms with Crippen LogP contribution in [-0.2, 0) is 6.54 Å². The second-order valence-corrected chi connectivity index (χ2v) is 5.79. The fourth-order valence-electron chi connectivity index (χ4n) is 2.57. The van der Waals surface area contributed by atoms with Crippen molar-refractivity contribution >= 4 is 10.8 Å². The highest BCUT2D eigenvalue weighted by atomic mass is 16.5. The van der Waals surface area contributed by atoms with Crippen molar-refractivity contribution < 1.29 is 9.84 Å². The van der Waals surface area contributed by atoms with E-state index in [1.807, 2.05) is 6.07 Å². The van der Waals surface area contributed by atoms with E-state index in [1.165, 1.54) is 16.3 Å². The number of hydrogen-bond donors (Lipinski definition) is 2. The first-order chi connectivity index (χ1) is 10.1. The van der Waals surface area contributed by atoms with Crippen molar-refractivity contribution in [2.45, 2.75) is 32.9 Å². The van der Waals surface area contributed by atoms with Gasteiger partial charge in [0.1, 0.15) is 5.75 Å². The Labute approximate surface area is 126 Å². The summed E-state index contributed by atoms with van der Waals surface area (Å²) in [6.07, 6.45) is 0.794. The Kier molecular flexibility index (Phi) is 5.59. The number of fused-ring (bicyclic) bond motifs is 1. The molecule has 3 heteroatoms. The standard InChI is InChI=1S/C18H25NO2/c1-13(2)18(8-9-20)19-12-14-4-5-16-11-17(21-3)7-6-15(16)10-14/h4-7,10-11,13,18-20H,8-9,12H2,1-3H3. The van der Waals surface area contributed by atoms with Crippen molar-refractivity contribution in [1.29, 1.82) is 0 Å². The summed E-state index contributed by atoms with van der Waals surface area (Å²) < 4.78 is 5.25. The van der Waals surface area contributed by atoms with Gasteiger partial charge in [0.05, 0.1) is 7.11 Å². The number of methoxy groups -OCH3 is 1. The van der Waals surface area contributed by atoms with E-state index >= 15 is 0 Å². The predicted octanol–water partition coefficient (Wildman–Crippen LogP) is 3.35. The number of hydrogen-bond acceptors (Lipinski definition) is 3. The summed E-state index contributed by atoms with van der Waals surface area (Å²) in [6.45, 7) is 5.41. The van der Waals surface area contributed by atoms with E-state index in [4.69, 9.17) is 9.84 Å². The molecule has 0 amide bonds. The molecule has 1 atom stereocenters. The minimum atomic E-state index is 0.230. The van der Waals surface area contributed by atoms with Gasteiger partial charge in [-0.05, 0) is 46.9 Å². The van der Waals surface area contributed by atoms with Crippen molar-refractivity contribution in [2.24, 2.45) is 5.92 Å². The lowest BCUT2D eigenvalue weighted by Gasteiger charge is -2.21. The molecule has 2 rings (SSSR count). The van der Waals surface area contributed by atoms with E-state index in [0.29, 0.717) is 12.0 Å². The van der Waals surface area contributed by atoms with Gasteiger partial charge >= 0.3 is 0 Å². The van der Waals surface area contributed by atoms with E-state index < -0.39 is 0 Å². The Morgan fingerprint density at radius 1 is 1.10 bits per heavy atom. The Hall–Kier alpha value is -1.58. The van der Waals surface area contributed by atoms with E-state index in [0.717, 1.165) is 18.7 Å². The molecule has 0 aliphatic rings. The Morgan fingerprint density at radius 2 is 1.81 bits per heavy atom. The smallest absolute Gasteiger partial charge is 0.119 e. The summed E-state index contributed by atoms with van der Waals surface area (Å²) in [5.41, 5.74) is 1.26. The molecule has 0 saturated heterocycles. The van der Waals surface area contributed by atoms with Crippen LogP contribution in [0.3, 0.4) is 0 Å². The molecule has 2 aromatic rings. The number of nitrogens with one attached hydrogen (secondary N) is 1. The highest BCUT2D eigenvalue weighted by molar-refractivity contribution is 5.84. The third kappa shape index (κ3) is 4.19. The maximum Gasteiger partial charge on any atom is 0.119 e. The molecule has 0 saturated carbocycles. The summed E-state index contributed by atoms with van der Waals surface area (Å²) in [5.74, 6) is 1.40. The highest BCUT2D eigenvalue weighted by Crippen LogP contribution is 2.22. The number of aliphatic hydroxyl groups is 1. The summed E-state index contributed by atoms with van der Waals surface area (Å²) in [7, 11) is 1.69. The Morgan fingerprint density at radius 3 is 2.48 bits per heavy atom. The molecule has 0 aliphatic carbocycles. The lowest BCUT2D eigenvalue weighted by Crippen LogP contribution is -2.34. The molecular weight excluding hydrogens is 262 g/mol. The zero-order chi connectivity index (χ0) is 15.2.